The first-order valence-electron chi connectivity index (χ1n) is 9.39. The van der Waals surface area contributed by atoms with Gasteiger partial charge in [0.15, 0.2) is 5.76 Å². The third kappa shape index (κ3) is 3.31. The minimum Gasteiger partial charge on any atom is -0.436 e. The third-order valence-electron chi connectivity index (χ3n) is 5.29. The maximum Gasteiger partial charge on any atom is 0.254 e. The predicted octanol–water partition coefficient (Wildman–Crippen LogP) is 3.96. The van der Waals surface area contributed by atoms with Gasteiger partial charge in [0.25, 0.3) is 5.91 Å². The second kappa shape index (κ2) is 7.56. The molecule has 1 aromatic heterocycles. The lowest BCUT2D eigenvalue weighted by molar-refractivity contribution is 0.0744. The molecular weight excluding hydrogens is 357 g/mol. The van der Waals surface area contributed by atoms with Crippen LogP contribution < -0.4 is 5.73 Å². The van der Waals surface area contributed by atoms with E-state index in [2.05, 4.69) is 4.98 Å². The predicted molar refractivity (Wildman–Crippen MR) is 105 cm³/mol. The molecule has 1 amide bonds. The van der Waals surface area contributed by atoms with Crippen molar-refractivity contribution in [2.45, 2.75) is 19.4 Å². The Kier molecular flexibility index (Phi) is 4.96. The molecule has 2 aromatic carbocycles. The van der Waals surface area contributed by atoms with Gasteiger partial charge in [-0.15, -0.1) is 0 Å². The van der Waals surface area contributed by atoms with Gasteiger partial charge in [-0.1, -0.05) is 24.3 Å². The minimum atomic E-state index is -0.381. The van der Waals surface area contributed by atoms with Crippen molar-refractivity contribution in [1.82, 2.24) is 9.88 Å². The molecule has 2 unspecified atom stereocenters. The van der Waals surface area contributed by atoms with E-state index in [1.165, 1.54) is 12.3 Å². The van der Waals surface area contributed by atoms with Crippen molar-refractivity contribution >= 4 is 5.91 Å². The number of nitrogens with two attached hydrogens (primary N) is 1. The Morgan fingerprint density at radius 3 is 2.64 bits per heavy atom. The maximum absolute atomic E-state index is 14.1. The van der Waals surface area contributed by atoms with Crippen LogP contribution in [0.1, 0.15) is 23.7 Å². The molecule has 144 valence electrons. The number of benzene rings is 2. The van der Waals surface area contributed by atoms with E-state index in [-0.39, 0.29) is 17.8 Å². The van der Waals surface area contributed by atoms with Crippen molar-refractivity contribution in [2.75, 3.05) is 13.1 Å². The highest BCUT2D eigenvalue weighted by Gasteiger charge is 2.33. The number of hydrogen-bond acceptors (Lipinski definition) is 4. The number of carbonyl (C=O) groups is 1. The molecule has 1 aliphatic heterocycles. The van der Waals surface area contributed by atoms with Gasteiger partial charge in [-0.25, -0.2) is 9.37 Å². The van der Waals surface area contributed by atoms with E-state index in [1.54, 1.807) is 30.3 Å². The molecule has 0 saturated carbocycles. The van der Waals surface area contributed by atoms with Crippen LogP contribution in [-0.4, -0.2) is 34.9 Å². The Labute approximate surface area is 163 Å². The van der Waals surface area contributed by atoms with Crippen molar-refractivity contribution in [3.8, 4) is 22.8 Å². The average molecular weight is 379 g/mol. The molecule has 6 heteroatoms. The Bertz CT molecular complexity index is 1000. The van der Waals surface area contributed by atoms with Gasteiger partial charge in [-0.3, -0.25) is 4.79 Å². The van der Waals surface area contributed by atoms with Crippen LogP contribution in [0.2, 0.25) is 0 Å². The van der Waals surface area contributed by atoms with Gasteiger partial charge >= 0.3 is 0 Å². The SMILES string of the molecule is CC1CC(CN)CN1C(=O)c1ccccc1-c1ncc(-c2ccccc2F)o1. The van der Waals surface area contributed by atoms with Crippen molar-refractivity contribution in [3.05, 3.63) is 66.1 Å². The van der Waals surface area contributed by atoms with Crippen LogP contribution >= 0.6 is 0 Å². The molecule has 1 saturated heterocycles. The van der Waals surface area contributed by atoms with E-state index in [0.717, 1.165) is 6.42 Å². The monoisotopic (exact) mass is 379 g/mol. The molecular formula is C22H22FN3O2. The fourth-order valence-corrected chi connectivity index (χ4v) is 3.79. The summed E-state index contributed by atoms with van der Waals surface area (Å²) in [5.74, 6) is 0.496. The lowest BCUT2D eigenvalue weighted by Gasteiger charge is -2.22. The first-order valence-corrected chi connectivity index (χ1v) is 9.39. The summed E-state index contributed by atoms with van der Waals surface area (Å²) in [6, 6.07) is 13.7. The van der Waals surface area contributed by atoms with Gasteiger partial charge in [0.1, 0.15) is 5.82 Å². The van der Waals surface area contributed by atoms with Crippen LogP contribution in [0.3, 0.4) is 0 Å². The number of aromatic nitrogens is 1. The Balaban J connectivity index is 1.68. The maximum atomic E-state index is 14.1. The van der Waals surface area contributed by atoms with Crippen LogP contribution in [0.15, 0.2) is 59.1 Å². The second-order valence-corrected chi connectivity index (χ2v) is 7.20. The van der Waals surface area contributed by atoms with Gasteiger partial charge in [-0.05, 0) is 50.1 Å². The summed E-state index contributed by atoms with van der Waals surface area (Å²) in [6.07, 6.45) is 2.39. The Morgan fingerprint density at radius 2 is 1.93 bits per heavy atom. The van der Waals surface area contributed by atoms with Crippen LogP contribution in [-0.2, 0) is 0 Å². The average Bonchev–Trinajstić information content (AvgIpc) is 3.34. The first kappa shape index (κ1) is 18.4. The molecule has 28 heavy (non-hydrogen) atoms. The van der Waals surface area contributed by atoms with E-state index < -0.39 is 0 Å². The number of amides is 1. The Morgan fingerprint density at radius 1 is 1.21 bits per heavy atom. The molecule has 3 aromatic rings. The first-order chi connectivity index (χ1) is 13.6. The molecule has 0 radical (unpaired) electrons. The van der Waals surface area contributed by atoms with E-state index in [4.69, 9.17) is 10.2 Å². The zero-order valence-electron chi connectivity index (χ0n) is 15.6. The van der Waals surface area contributed by atoms with Crippen LogP contribution in [0.5, 0.6) is 0 Å². The van der Waals surface area contributed by atoms with Gasteiger partial charge in [0, 0.05) is 18.2 Å². The molecule has 2 N–H and O–H groups in total. The van der Waals surface area contributed by atoms with Gasteiger partial charge in [-0.2, -0.15) is 0 Å². The summed E-state index contributed by atoms with van der Waals surface area (Å²) < 4.78 is 19.9. The molecule has 4 rings (SSSR count). The molecule has 0 spiro atoms. The number of rotatable bonds is 4. The van der Waals surface area contributed by atoms with Crippen LogP contribution in [0.4, 0.5) is 4.39 Å². The molecule has 1 aliphatic rings. The summed E-state index contributed by atoms with van der Waals surface area (Å²) in [6.45, 7) is 3.26. The number of hydrogen-bond donors (Lipinski definition) is 1. The third-order valence-corrected chi connectivity index (χ3v) is 5.29. The fourth-order valence-electron chi connectivity index (χ4n) is 3.79. The van der Waals surface area contributed by atoms with Crippen molar-refractivity contribution < 1.29 is 13.6 Å². The van der Waals surface area contributed by atoms with Gasteiger partial charge in [0.05, 0.1) is 17.3 Å². The normalized spacial score (nSPS) is 19.2. The number of nitrogens with zero attached hydrogens (tertiary/aromatic N) is 2. The minimum absolute atomic E-state index is 0.0651. The van der Waals surface area contributed by atoms with Gasteiger partial charge in [0.2, 0.25) is 5.89 Å². The van der Waals surface area contributed by atoms with E-state index in [0.29, 0.717) is 47.3 Å². The number of oxazole rings is 1. The van der Waals surface area contributed by atoms with E-state index >= 15 is 0 Å². The summed E-state index contributed by atoms with van der Waals surface area (Å²) in [4.78, 5) is 19.4. The molecule has 1 fully saturated rings. The smallest absolute Gasteiger partial charge is 0.254 e. The van der Waals surface area contributed by atoms with Crippen molar-refractivity contribution in [1.29, 1.82) is 0 Å². The summed E-state index contributed by atoms with van der Waals surface area (Å²) in [7, 11) is 0. The number of carbonyl (C=O) groups excluding carboxylic acids is 1. The number of halogens is 1. The molecule has 0 aliphatic carbocycles. The highest BCUT2D eigenvalue weighted by atomic mass is 19.1. The zero-order valence-corrected chi connectivity index (χ0v) is 15.6. The summed E-state index contributed by atoms with van der Waals surface area (Å²) in [5.41, 5.74) is 7.25. The number of likely N-dealkylation sites (tertiary alicyclic amines) is 1. The zero-order chi connectivity index (χ0) is 19.7. The molecule has 5 nitrogen and oxygen atoms in total. The van der Waals surface area contributed by atoms with E-state index in [9.17, 15) is 9.18 Å². The molecule has 0 bridgehead atoms. The molecule has 2 atom stereocenters. The van der Waals surface area contributed by atoms with Crippen LogP contribution in [0, 0.1) is 11.7 Å². The lowest BCUT2D eigenvalue weighted by Crippen LogP contribution is -2.34. The van der Waals surface area contributed by atoms with Crippen LogP contribution in [0.25, 0.3) is 22.8 Å². The quantitative estimate of drug-likeness (QED) is 0.745. The van der Waals surface area contributed by atoms with Crippen molar-refractivity contribution in [3.63, 3.8) is 0 Å². The highest BCUT2D eigenvalue weighted by molar-refractivity contribution is 6.00. The topological polar surface area (TPSA) is 72.4 Å². The molecule has 2 heterocycles. The van der Waals surface area contributed by atoms with Crippen molar-refractivity contribution in [2.24, 2.45) is 11.7 Å². The highest BCUT2D eigenvalue weighted by Crippen LogP contribution is 2.31. The lowest BCUT2D eigenvalue weighted by atomic mass is 10.1. The van der Waals surface area contributed by atoms with Gasteiger partial charge < -0.3 is 15.1 Å². The van der Waals surface area contributed by atoms with E-state index in [1.807, 2.05) is 24.0 Å². The largest absolute Gasteiger partial charge is 0.436 e. The summed E-state index contributed by atoms with van der Waals surface area (Å²) >= 11 is 0. The standard InChI is InChI=1S/C22H22FN3O2/c1-14-10-15(11-24)13-26(14)22(27)17-7-3-2-6-16(17)21-25-12-20(28-21)18-8-4-5-9-19(18)23/h2-9,12,14-15H,10-11,13,24H2,1H3. The Hall–Kier alpha value is -2.99. The fraction of sp³-hybridized carbons (Fsp3) is 0.273. The summed E-state index contributed by atoms with van der Waals surface area (Å²) in [5, 5.41) is 0. The second-order valence-electron chi connectivity index (χ2n) is 7.20.